The molecule has 0 aliphatic rings. The Bertz CT molecular complexity index is 354. The molecule has 0 fully saturated rings. The zero-order valence-corrected chi connectivity index (χ0v) is 8.56. The lowest BCUT2D eigenvalue weighted by Gasteiger charge is -2.08. The van der Waals surface area contributed by atoms with E-state index in [1.807, 2.05) is 0 Å². The second kappa shape index (κ2) is 4.57. The highest BCUT2D eigenvalue weighted by molar-refractivity contribution is 6.30. The van der Waals surface area contributed by atoms with Crippen LogP contribution in [0.1, 0.15) is 5.56 Å². The van der Waals surface area contributed by atoms with Crippen LogP contribution in [0.15, 0.2) is 30.3 Å². The molecule has 5 heteroatoms. The monoisotopic (exact) mass is 236 g/mol. The van der Waals surface area contributed by atoms with Gasteiger partial charge < -0.3 is 4.74 Å². The van der Waals surface area contributed by atoms with Crippen molar-refractivity contribution in [3.05, 3.63) is 40.9 Å². The average Bonchev–Trinajstić information content (AvgIpc) is 2.14. The first-order valence-electron chi connectivity index (χ1n) is 4.02. The number of rotatable bonds is 2. The van der Waals surface area contributed by atoms with Crippen LogP contribution in [0.25, 0.3) is 5.76 Å². The smallest absolute Gasteiger partial charge is 0.413 e. The number of hydrogen-bond acceptors (Lipinski definition) is 1. The lowest BCUT2D eigenvalue weighted by molar-refractivity contribution is -0.0804. The van der Waals surface area contributed by atoms with Gasteiger partial charge in [-0.25, -0.2) is 0 Å². The molecule has 0 aromatic heterocycles. The zero-order valence-electron chi connectivity index (χ0n) is 7.81. The second-order valence-corrected chi connectivity index (χ2v) is 3.20. The summed E-state index contributed by atoms with van der Waals surface area (Å²) in [5, 5.41) is 0.459. The Morgan fingerprint density at radius 2 is 1.80 bits per heavy atom. The first-order chi connectivity index (χ1) is 6.92. The van der Waals surface area contributed by atoms with Gasteiger partial charge in [0.25, 0.3) is 0 Å². The molecule has 1 aromatic rings. The summed E-state index contributed by atoms with van der Waals surface area (Å²) in [4.78, 5) is 0. The molecule has 1 rings (SSSR count). The molecule has 0 aliphatic carbocycles. The van der Waals surface area contributed by atoms with Crippen LogP contribution in [0, 0.1) is 0 Å². The van der Waals surface area contributed by atoms with Crippen molar-refractivity contribution in [2.75, 3.05) is 7.11 Å². The Morgan fingerprint density at radius 3 is 2.20 bits per heavy atom. The molecule has 0 radical (unpaired) electrons. The van der Waals surface area contributed by atoms with Gasteiger partial charge in [-0.1, -0.05) is 11.6 Å². The summed E-state index contributed by atoms with van der Waals surface area (Å²) < 4.78 is 40.9. The third-order valence-electron chi connectivity index (χ3n) is 1.64. The summed E-state index contributed by atoms with van der Waals surface area (Å²) in [7, 11) is 1.19. The summed E-state index contributed by atoms with van der Waals surface area (Å²) in [6.07, 6.45) is -4.29. The quantitative estimate of drug-likeness (QED) is 0.708. The third kappa shape index (κ3) is 3.83. The van der Waals surface area contributed by atoms with Gasteiger partial charge in [-0.05, 0) is 24.3 Å². The molecule has 0 unspecified atom stereocenters. The largest absolute Gasteiger partial charge is 0.496 e. The number of allylic oxidation sites excluding steroid dienone is 1. The maximum absolute atomic E-state index is 12.1. The minimum absolute atomic E-state index is 0.107. The molecule has 0 N–H and O–H groups in total. The fourth-order valence-electron chi connectivity index (χ4n) is 1.02. The van der Waals surface area contributed by atoms with E-state index in [9.17, 15) is 13.2 Å². The van der Waals surface area contributed by atoms with Crippen molar-refractivity contribution in [2.24, 2.45) is 0 Å². The van der Waals surface area contributed by atoms with Crippen molar-refractivity contribution in [2.45, 2.75) is 6.18 Å². The molecule has 0 bridgehead atoms. The lowest BCUT2D eigenvalue weighted by atomic mass is 10.2. The fourth-order valence-corrected chi connectivity index (χ4v) is 1.15. The first-order valence-corrected chi connectivity index (χ1v) is 4.39. The van der Waals surface area contributed by atoms with Crippen LogP contribution in [-0.2, 0) is 4.74 Å². The van der Waals surface area contributed by atoms with Crippen LogP contribution < -0.4 is 0 Å². The highest BCUT2D eigenvalue weighted by atomic mass is 35.5. The predicted molar refractivity (Wildman–Crippen MR) is 52.5 cm³/mol. The van der Waals surface area contributed by atoms with Crippen LogP contribution in [0.4, 0.5) is 13.2 Å². The van der Waals surface area contributed by atoms with E-state index in [0.29, 0.717) is 10.6 Å². The molecule has 0 amide bonds. The van der Waals surface area contributed by atoms with E-state index in [4.69, 9.17) is 11.6 Å². The maximum atomic E-state index is 12.1. The van der Waals surface area contributed by atoms with E-state index in [0.717, 1.165) is 0 Å². The minimum Gasteiger partial charge on any atom is -0.496 e. The third-order valence-corrected chi connectivity index (χ3v) is 1.90. The normalized spacial score (nSPS) is 12.7. The van der Waals surface area contributed by atoms with Crippen molar-refractivity contribution in [3.8, 4) is 0 Å². The van der Waals surface area contributed by atoms with E-state index >= 15 is 0 Å². The molecule has 1 aromatic carbocycles. The molecule has 0 spiro atoms. The average molecular weight is 237 g/mol. The fraction of sp³-hybridized carbons (Fsp3) is 0.200. The number of ether oxygens (including phenoxy) is 1. The minimum atomic E-state index is -4.40. The van der Waals surface area contributed by atoms with Crippen molar-refractivity contribution >= 4 is 17.4 Å². The van der Waals surface area contributed by atoms with Crippen LogP contribution >= 0.6 is 11.6 Å². The summed E-state index contributed by atoms with van der Waals surface area (Å²) in [5.74, 6) is -0.237. The van der Waals surface area contributed by atoms with E-state index < -0.39 is 6.18 Å². The predicted octanol–water partition coefficient (Wildman–Crippen LogP) is 3.89. The molecule has 82 valence electrons. The molecule has 15 heavy (non-hydrogen) atoms. The molecule has 1 nitrogen and oxygen atoms in total. The molecular weight excluding hydrogens is 229 g/mol. The van der Waals surface area contributed by atoms with E-state index in [1.54, 1.807) is 0 Å². The molecule has 0 saturated heterocycles. The number of benzene rings is 1. The molecule has 0 heterocycles. The lowest BCUT2D eigenvalue weighted by Crippen LogP contribution is -2.04. The van der Waals surface area contributed by atoms with Gasteiger partial charge in [0, 0.05) is 10.6 Å². The molecule has 0 aliphatic heterocycles. The molecule has 0 atom stereocenters. The summed E-state index contributed by atoms with van der Waals surface area (Å²) in [5.41, 5.74) is 0.333. The topological polar surface area (TPSA) is 9.23 Å². The van der Waals surface area contributed by atoms with Crippen molar-refractivity contribution < 1.29 is 17.9 Å². The summed E-state index contributed by atoms with van der Waals surface area (Å²) in [6, 6.07) is 5.92. The standard InChI is InChI=1S/C10H8ClF3O/c1-15-9(6-10(12,13)14)7-2-4-8(11)5-3-7/h2-6H,1H3/b9-6-. The van der Waals surface area contributed by atoms with Crippen molar-refractivity contribution in [1.29, 1.82) is 0 Å². The van der Waals surface area contributed by atoms with Crippen LogP contribution in [0.3, 0.4) is 0 Å². The van der Waals surface area contributed by atoms with Crippen LogP contribution in [0.2, 0.25) is 5.02 Å². The van der Waals surface area contributed by atoms with Crippen molar-refractivity contribution in [1.82, 2.24) is 0 Å². The highest BCUT2D eigenvalue weighted by Crippen LogP contribution is 2.25. The summed E-state index contributed by atoms with van der Waals surface area (Å²) >= 11 is 5.61. The van der Waals surface area contributed by atoms with E-state index in [1.165, 1.54) is 31.4 Å². The van der Waals surface area contributed by atoms with Gasteiger partial charge in [0.2, 0.25) is 0 Å². The van der Waals surface area contributed by atoms with Crippen molar-refractivity contribution in [3.63, 3.8) is 0 Å². The van der Waals surface area contributed by atoms with Gasteiger partial charge in [-0.2, -0.15) is 13.2 Å². The van der Waals surface area contributed by atoms with Crippen LogP contribution in [0.5, 0.6) is 0 Å². The Balaban J connectivity index is 3.03. The SMILES string of the molecule is CO/C(=C\C(F)(F)F)c1ccc(Cl)cc1. The number of alkyl halides is 3. The Kier molecular flexibility index (Phi) is 3.63. The van der Waals surface area contributed by atoms with Gasteiger partial charge in [-0.15, -0.1) is 0 Å². The van der Waals surface area contributed by atoms with E-state index in [-0.39, 0.29) is 11.8 Å². The van der Waals surface area contributed by atoms with Gasteiger partial charge in [0.1, 0.15) is 5.76 Å². The Hall–Kier alpha value is -1.16. The maximum Gasteiger partial charge on any atom is 0.413 e. The van der Waals surface area contributed by atoms with Gasteiger partial charge >= 0.3 is 6.18 Å². The van der Waals surface area contributed by atoms with Gasteiger partial charge in [-0.3, -0.25) is 0 Å². The van der Waals surface area contributed by atoms with Gasteiger partial charge in [0.15, 0.2) is 0 Å². The number of halogens is 4. The number of hydrogen-bond donors (Lipinski definition) is 0. The second-order valence-electron chi connectivity index (χ2n) is 2.76. The zero-order chi connectivity index (χ0) is 11.5. The molecular formula is C10H8ClF3O. The van der Waals surface area contributed by atoms with Gasteiger partial charge in [0.05, 0.1) is 13.2 Å². The molecule has 0 saturated carbocycles. The Labute approximate surface area is 90.1 Å². The van der Waals surface area contributed by atoms with E-state index in [2.05, 4.69) is 4.74 Å². The highest BCUT2D eigenvalue weighted by Gasteiger charge is 2.25. The number of methoxy groups -OCH3 is 1. The Morgan fingerprint density at radius 1 is 1.27 bits per heavy atom. The first kappa shape index (κ1) is 11.9. The summed E-state index contributed by atoms with van der Waals surface area (Å²) in [6.45, 7) is 0. The van der Waals surface area contributed by atoms with Crippen LogP contribution in [-0.4, -0.2) is 13.3 Å².